The van der Waals surface area contributed by atoms with Crippen LogP contribution in [0.1, 0.15) is 22.4 Å². The lowest BCUT2D eigenvalue weighted by atomic mass is 10.1. The van der Waals surface area contributed by atoms with E-state index in [2.05, 4.69) is 15.1 Å². The van der Waals surface area contributed by atoms with Gasteiger partial charge < -0.3 is 0 Å². The van der Waals surface area contributed by atoms with Gasteiger partial charge in [0.15, 0.2) is 5.16 Å². The Kier molecular flexibility index (Phi) is 5.44. The first kappa shape index (κ1) is 19.1. The van der Waals surface area contributed by atoms with Crippen molar-refractivity contribution in [3.05, 3.63) is 91.3 Å². The van der Waals surface area contributed by atoms with Gasteiger partial charge in [0.1, 0.15) is 0 Å². The molecule has 5 nitrogen and oxygen atoms in total. The molecule has 8 heteroatoms. The van der Waals surface area contributed by atoms with E-state index >= 15 is 0 Å². The van der Waals surface area contributed by atoms with E-state index in [1.165, 1.54) is 16.3 Å². The number of thioether (sulfide) groups is 1. The quantitative estimate of drug-likeness (QED) is 0.456. The van der Waals surface area contributed by atoms with E-state index < -0.39 is 0 Å². The molecule has 4 rings (SSSR count). The molecule has 0 radical (unpaired) electrons. The highest BCUT2D eigenvalue weighted by Crippen LogP contribution is 2.22. The van der Waals surface area contributed by atoms with E-state index in [4.69, 9.17) is 23.2 Å². The summed E-state index contributed by atoms with van der Waals surface area (Å²) in [6.45, 7) is 1.82. The summed E-state index contributed by atoms with van der Waals surface area (Å²) in [4.78, 5) is 21.9. The first-order chi connectivity index (χ1) is 13.5. The standard InChI is InChI=1S/C20H16Cl2N4OS/c1-12-16(10-14-4-2-3-5-17(14)22)18(27)26-19(23-12)24-20(25-26)28-11-13-6-8-15(21)9-7-13/h2-9H,10-11H2,1H3,(H,23,24,25). The summed E-state index contributed by atoms with van der Waals surface area (Å²) in [6, 6.07) is 15.1. The highest BCUT2D eigenvalue weighted by Gasteiger charge is 2.15. The fourth-order valence-corrected chi connectivity index (χ4v) is 3.99. The molecule has 4 aromatic rings. The highest BCUT2D eigenvalue weighted by molar-refractivity contribution is 7.98. The summed E-state index contributed by atoms with van der Waals surface area (Å²) < 4.78 is 1.39. The number of nitrogens with one attached hydrogen (secondary N) is 1. The van der Waals surface area contributed by atoms with Gasteiger partial charge in [0.2, 0.25) is 0 Å². The van der Waals surface area contributed by atoms with Gasteiger partial charge in [-0.3, -0.25) is 9.89 Å². The molecule has 0 atom stereocenters. The number of hydrogen-bond donors (Lipinski definition) is 1. The fraction of sp³-hybridized carbons (Fsp3) is 0.150. The van der Waals surface area contributed by atoms with E-state index in [1.54, 1.807) is 0 Å². The maximum absolute atomic E-state index is 13.0. The van der Waals surface area contributed by atoms with E-state index in [0.717, 1.165) is 11.1 Å². The average molecular weight is 431 g/mol. The fourth-order valence-electron chi connectivity index (χ4n) is 2.87. The molecule has 0 bridgehead atoms. The second-order valence-electron chi connectivity index (χ2n) is 6.33. The van der Waals surface area contributed by atoms with Crippen molar-refractivity contribution >= 4 is 40.7 Å². The first-order valence-corrected chi connectivity index (χ1v) is 10.3. The van der Waals surface area contributed by atoms with Gasteiger partial charge in [0.25, 0.3) is 11.3 Å². The predicted octanol–water partition coefficient (Wildman–Crippen LogP) is 4.92. The molecule has 142 valence electrons. The lowest BCUT2D eigenvalue weighted by Crippen LogP contribution is -2.22. The SMILES string of the molecule is Cc1nc2nc(SCc3ccc(Cl)cc3)[nH]n2c(=O)c1Cc1ccccc1Cl. The van der Waals surface area contributed by atoms with Gasteiger partial charge in [-0.1, -0.05) is 65.3 Å². The number of aryl methyl sites for hydroxylation is 1. The van der Waals surface area contributed by atoms with Crippen LogP contribution in [0.3, 0.4) is 0 Å². The van der Waals surface area contributed by atoms with Crippen molar-refractivity contribution in [2.24, 2.45) is 0 Å². The smallest absolute Gasteiger partial charge is 0.267 e. The number of aromatic nitrogens is 4. The van der Waals surface area contributed by atoms with Crippen molar-refractivity contribution in [3.8, 4) is 0 Å². The number of H-pyrrole nitrogens is 1. The summed E-state index contributed by atoms with van der Waals surface area (Å²) in [5.41, 5.74) is 3.11. The van der Waals surface area contributed by atoms with Crippen molar-refractivity contribution in [1.29, 1.82) is 0 Å². The van der Waals surface area contributed by atoms with Crippen molar-refractivity contribution in [2.45, 2.75) is 24.3 Å². The molecule has 0 spiro atoms. The van der Waals surface area contributed by atoms with E-state index in [-0.39, 0.29) is 5.56 Å². The molecular weight excluding hydrogens is 415 g/mol. The molecular formula is C20H16Cl2N4OS. The molecule has 28 heavy (non-hydrogen) atoms. The summed E-state index contributed by atoms with van der Waals surface area (Å²) in [7, 11) is 0. The molecule has 0 saturated carbocycles. The molecule has 0 amide bonds. The molecule has 2 aromatic heterocycles. The minimum absolute atomic E-state index is 0.159. The van der Waals surface area contributed by atoms with Crippen LogP contribution in [0, 0.1) is 6.92 Å². The van der Waals surface area contributed by atoms with Gasteiger partial charge in [-0.25, -0.2) is 4.98 Å². The van der Waals surface area contributed by atoms with Gasteiger partial charge in [0.05, 0.1) is 5.69 Å². The molecule has 0 saturated heterocycles. The minimum Gasteiger partial charge on any atom is -0.267 e. The van der Waals surface area contributed by atoms with Gasteiger partial charge in [-0.15, -0.1) is 0 Å². The van der Waals surface area contributed by atoms with Crippen LogP contribution < -0.4 is 5.56 Å². The number of hydrogen-bond acceptors (Lipinski definition) is 4. The first-order valence-electron chi connectivity index (χ1n) is 8.60. The summed E-state index contributed by atoms with van der Waals surface area (Å²) in [5, 5.41) is 5.02. The zero-order chi connectivity index (χ0) is 19.7. The number of fused-ring (bicyclic) bond motifs is 1. The van der Waals surface area contributed by atoms with Crippen LogP contribution in [0.5, 0.6) is 0 Å². The Morgan fingerprint density at radius 3 is 2.57 bits per heavy atom. The summed E-state index contributed by atoms with van der Waals surface area (Å²) in [5.74, 6) is 1.07. The zero-order valence-electron chi connectivity index (χ0n) is 14.9. The molecule has 2 heterocycles. The molecule has 0 aliphatic carbocycles. The van der Waals surface area contributed by atoms with Crippen LogP contribution in [0.4, 0.5) is 0 Å². The molecule has 1 N–H and O–H groups in total. The second-order valence-corrected chi connectivity index (χ2v) is 8.14. The van der Waals surface area contributed by atoms with Crippen LogP contribution in [0.25, 0.3) is 5.78 Å². The van der Waals surface area contributed by atoms with Gasteiger partial charge in [-0.2, -0.15) is 9.50 Å². The molecule has 0 fully saturated rings. The average Bonchev–Trinajstić information content (AvgIpc) is 3.09. The molecule has 0 unspecified atom stereocenters. The topological polar surface area (TPSA) is 63.1 Å². The van der Waals surface area contributed by atoms with Crippen LogP contribution in [-0.4, -0.2) is 19.6 Å². The summed E-state index contributed by atoms with van der Waals surface area (Å²) in [6.07, 6.45) is 0.423. The van der Waals surface area contributed by atoms with Crippen molar-refractivity contribution in [1.82, 2.24) is 19.6 Å². The van der Waals surface area contributed by atoms with Crippen LogP contribution in [-0.2, 0) is 12.2 Å². The van der Waals surface area contributed by atoms with Crippen molar-refractivity contribution in [2.75, 3.05) is 0 Å². The van der Waals surface area contributed by atoms with Gasteiger partial charge in [-0.05, 0) is 36.2 Å². The Hall–Kier alpha value is -2.28. The van der Waals surface area contributed by atoms with Crippen LogP contribution in [0.15, 0.2) is 58.5 Å². The number of halogens is 2. The van der Waals surface area contributed by atoms with Crippen molar-refractivity contribution in [3.63, 3.8) is 0 Å². The monoisotopic (exact) mass is 430 g/mol. The molecule has 0 aliphatic heterocycles. The maximum Gasteiger partial charge on any atom is 0.277 e. The zero-order valence-corrected chi connectivity index (χ0v) is 17.3. The van der Waals surface area contributed by atoms with E-state index in [1.807, 2.05) is 55.5 Å². The number of nitrogens with zero attached hydrogens (tertiary/aromatic N) is 3. The molecule has 2 aromatic carbocycles. The lowest BCUT2D eigenvalue weighted by molar-refractivity contribution is 0.825. The summed E-state index contributed by atoms with van der Waals surface area (Å²) >= 11 is 13.7. The second kappa shape index (κ2) is 7.99. The van der Waals surface area contributed by atoms with E-state index in [0.29, 0.717) is 44.4 Å². The normalized spacial score (nSPS) is 11.2. The maximum atomic E-state index is 13.0. The number of benzene rings is 2. The van der Waals surface area contributed by atoms with Gasteiger partial charge in [0, 0.05) is 27.8 Å². The van der Waals surface area contributed by atoms with Crippen LogP contribution in [0.2, 0.25) is 10.0 Å². The Labute approximate surface area is 175 Å². The lowest BCUT2D eigenvalue weighted by Gasteiger charge is -2.06. The predicted molar refractivity (Wildman–Crippen MR) is 114 cm³/mol. The van der Waals surface area contributed by atoms with Gasteiger partial charge >= 0.3 is 0 Å². The highest BCUT2D eigenvalue weighted by atomic mass is 35.5. The van der Waals surface area contributed by atoms with Crippen molar-refractivity contribution < 1.29 is 0 Å². The number of aromatic amines is 1. The minimum atomic E-state index is -0.159. The third-order valence-corrected chi connectivity index (χ3v) is 5.94. The van der Waals surface area contributed by atoms with Crippen LogP contribution >= 0.6 is 35.0 Å². The largest absolute Gasteiger partial charge is 0.277 e. The third-order valence-electron chi connectivity index (χ3n) is 4.39. The third kappa shape index (κ3) is 3.94. The molecule has 0 aliphatic rings. The Bertz CT molecular complexity index is 1200. The Morgan fingerprint density at radius 2 is 1.82 bits per heavy atom. The number of rotatable bonds is 5. The van der Waals surface area contributed by atoms with E-state index in [9.17, 15) is 4.79 Å². The Balaban J connectivity index is 1.62. The Morgan fingerprint density at radius 1 is 1.07 bits per heavy atom.